The molecular formula is C16H33NO3. The zero-order chi connectivity index (χ0) is 15.1. The predicted molar refractivity (Wildman–Crippen MR) is 82.1 cm³/mol. The molecule has 4 heteroatoms. The van der Waals surface area contributed by atoms with Crippen LogP contribution in [0, 0.1) is 0 Å². The van der Waals surface area contributed by atoms with Crippen LogP contribution < -0.4 is 0 Å². The first kappa shape index (κ1) is 19.4. The van der Waals surface area contributed by atoms with Crippen molar-refractivity contribution in [1.82, 2.24) is 4.90 Å². The maximum absolute atomic E-state index is 11.5. The third-order valence-corrected chi connectivity index (χ3v) is 3.69. The molecule has 0 spiro atoms. The zero-order valence-corrected chi connectivity index (χ0v) is 13.1. The lowest BCUT2D eigenvalue weighted by atomic mass is 10.1. The first-order valence-corrected chi connectivity index (χ1v) is 8.25. The van der Waals surface area contributed by atoms with Gasteiger partial charge in [-0.05, 0) is 6.42 Å². The first-order valence-electron chi connectivity index (χ1n) is 8.25. The quantitative estimate of drug-likeness (QED) is 0.380. The highest BCUT2D eigenvalue weighted by molar-refractivity contribution is 5.75. The van der Waals surface area contributed by atoms with E-state index in [2.05, 4.69) is 6.92 Å². The van der Waals surface area contributed by atoms with E-state index in [0.29, 0.717) is 6.42 Å². The minimum absolute atomic E-state index is 0.161. The van der Waals surface area contributed by atoms with E-state index >= 15 is 0 Å². The summed E-state index contributed by atoms with van der Waals surface area (Å²) in [7, 11) is 0. The highest BCUT2D eigenvalue weighted by atomic mass is 16.3. The van der Waals surface area contributed by atoms with Gasteiger partial charge in [0, 0.05) is 6.42 Å². The molecule has 0 atom stereocenters. The smallest absolute Gasteiger partial charge is 0.226 e. The van der Waals surface area contributed by atoms with Gasteiger partial charge in [-0.3, -0.25) is 9.69 Å². The van der Waals surface area contributed by atoms with Gasteiger partial charge in [-0.2, -0.15) is 0 Å². The van der Waals surface area contributed by atoms with E-state index in [-0.39, 0.29) is 5.91 Å². The second-order valence-corrected chi connectivity index (χ2v) is 5.50. The van der Waals surface area contributed by atoms with Gasteiger partial charge in [-0.15, -0.1) is 0 Å². The monoisotopic (exact) mass is 287 g/mol. The summed E-state index contributed by atoms with van der Waals surface area (Å²) in [5, 5.41) is 17.6. The molecule has 1 amide bonds. The van der Waals surface area contributed by atoms with Gasteiger partial charge in [-0.1, -0.05) is 71.1 Å². The van der Waals surface area contributed by atoms with E-state index in [1.165, 1.54) is 57.8 Å². The Morgan fingerprint density at radius 2 is 1.15 bits per heavy atom. The average Bonchev–Trinajstić information content (AvgIpc) is 2.46. The van der Waals surface area contributed by atoms with Crippen LogP contribution in [0.15, 0.2) is 0 Å². The minimum atomic E-state index is -0.395. The number of aliphatic hydroxyl groups is 2. The molecule has 0 aromatic carbocycles. The largest absolute Gasteiger partial charge is 0.376 e. The minimum Gasteiger partial charge on any atom is -0.376 e. The van der Waals surface area contributed by atoms with Gasteiger partial charge in [0.25, 0.3) is 0 Å². The maximum atomic E-state index is 11.5. The van der Waals surface area contributed by atoms with Crippen LogP contribution in [-0.4, -0.2) is 34.5 Å². The van der Waals surface area contributed by atoms with E-state index in [9.17, 15) is 4.79 Å². The molecule has 0 aliphatic carbocycles. The van der Waals surface area contributed by atoms with Crippen molar-refractivity contribution in [2.24, 2.45) is 0 Å². The van der Waals surface area contributed by atoms with E-state index in [4.69, 9.17) is 10.2 Å². The van der Waals surface area contributed by atoms with Crippen molar-refractivity contribution in [2.75, 3.05) is 13.5 Å². The molecule has 0 saturated heterocycles. The summed E-state index contributed by atoms with van der Waals surface area (Å²) >= 11 is 0. The Kier molecular flexibility index (Phi) is 14.3. The maximum Gasteiger partial charge on any atom is 0.226 e. The topological polar surface area (TPSA) is 60.8 Å². The Morgan fingerprint density at radius 1 is 0.750 bits per heavy atom. The number of aliphatic hydroxyl groups excluding tert-OH is 2. The van der Waals surface area contributed by atoms with Crippen molar-refractivity contribution in [3.05, 3.63) is 0 Å². The van der Waals surface area contributed by atoms with Crippen LogP contribution in [0.1, 0.15) is 84.0 Å². The standard InChI is InChI=1S/C16H33NO3/c1-2-3-4-5-6-7-8-9-10-11-12-13-16(20)17(14-18)15-19/h18-19H,2-15H2,1H3. The van der Waals surface area contributed by atoms with Crippen molar-refractivity contribution in [3.63, 3.8) is 0 Å². The highest BCUT2D eigenvalue weighted by Crippen LogP contribution is 2.12. The number of carbonyl (C=O) groups is 1. The molecule has 0 bridgehead atoms. The van der Waals surface area contributed by atoms with E-state index in [1.807, 2.05) is 0 Å². The number of rotatable bonds is 14. The van der Waals surface area contributed by atoms with Crippen LogP contribution in [0.25, 0.3) is 0 Å². The lowest BCUT2D eigenvalue weighted by Crippen LogP contribution is -2.32. The molecule has 4 nitrogen and oxygen atoms in total. The molecule has 0 aliphatic rings. The normalized spacial score (nSPS) is 10.8. The van der Waals surface area contributed by atoms with Crippen LogP contribution in [0.2, 0.25) is 0 Å². The molecule has 0 rings (SSSR count). The molecule has 120 valence electrons. The Balaban J connectivity index is 3.22. The molecular weight excluding hydrogens is 254 g/mol. The van der Waals surface area contributed by atoms with Gasteiger partial charge in [0.05, 0.1) is 0 Å². The summed E-state index contributed by atoms with van der Waals surface area (Å²) in [6.45, 7) is 1.45. The number of amides is 1. The predicted octanol–water partition coefficient (Wildman–Crippen LogP) is 3.42. The van der Waals surface area contributed by atoms with E-state index in [1.54, 1.807) is 0 Å². The second-order valence-electron chi connectivity index (χ2n) is 5.50. The van der Waals surface area contributed by atoms with Crippen molar-refractivity contribution in [1.29, 1.82) is 0 Å². The van der Waals surface area contributed by atoms with Gasteiger partial charge in [0.1, 0.15) is 13.5 Å². The number of hydrogen-bond acceptors (Lipinski definition) is 3. The van der Waals surface area contributed by atoms with Crippen molar-refractivity contribution >= 4 is 5.91 Å². The summed E-state index contributed by atoms with van der Waals surface area (Å²) in [5.74, 6) is -0.161. The first-order chi connectivity index (χ1) is 9.76. The molecule has 0 aliphatic heterocycles. The molecule has 0 unspecified atom stereocenters. The highest BCUT2D eigenvalue weighted by Gasteiger charge is 2.09. The van der Waals surface area contributed by atoms with Crippen LogP contribution >= 0.6 is 0 Å². The zero-order valence-electron chi connectivity index (χ0n) is 13.1. The van der Waals surface area contributed by atoms with Crippen LogP contribution in [0.4, 0.5) is 0 Å². The van der Waals surface area contributed by atoms with Crippen molar-refractivity contribution in [3.8, 4) is 0 Å². The fourth-order valence-electron chi connectivity index (χ4n) is 2.30. The number of nitrogens with zero attached hydrogens (tertiary/aromatic N) is 1. The third-order valence-electron chi connectivity index (χ3n) is 3.69. The molecule has 0 fully saturated rings. The third kappa shape index (κ3) is 11.2. The number of carbonyl (C=O) groups excluding carboxylic acids is 1. The molecule has 0 heterocycles. The molecule has 0 aromatic heterocycles. The second kappa shape index (κ2) is 14.8. The van der Waals surface area contributed by atoms with Crippen molar-refractivity contribution in [2.45, 2.75) is 84.0 Å². The van der Waals surface area contributed by atoms with Crippen LogP contribution in [0.3, 0.4) is 0 Å². The molecule has 0 radical (unpaired) electrons. The molecule has 0 aromatic rings. The Bertz CT molecular complexity index is 218. The molecule has 20 heavy (non-hydrogen) atoms. The average molecular weight is 287 g/mol. The Hall–Kier alpha value is -0.610. The van der Waals surface area contributed by atoms with E-state index in [0.717, 1.165) is 17.7 Å². The number of hydrogen-bond donors (Lipinski definition) is 2. The van der Waals surface area contributed by atoms with Crippen LogP contribution in [-0.2, 0) is 4.79 Å². The summed E-state index contributed by atoms with van der Waals surface area (Å²) in [6, 6.07) is 0. The van der Waals surface area contributed by atoms with Crippen molar-refractivity contribution < 1.29 is 15.0 Å². The molecule has 0 saturated carbocycles. The number of unbranched alkanes of at least 4 members (excludes halogenated alkanes) is 10. The summed E-state index contributed by atoms with van der Waals surface area (Å²) in [5.41, 5.74) is 0. The van der Waals surface area contributed by atoms with Gasteiger partial charge in [-0.25, -0.2) is 0 Å². The fraction of sp³-hybridized carbons (Fsp3) is 0.938. The lowest BCUT2D eigenvalue weighted by molar-refractivity contribution is -0.139. The summed E-state index contributed by atoms with van der Waals surface area (Å²) < 4.78 is 0. The Morgan fingerprint density at radius 3 is 1.55 bits per heavy atom. The van der Waals surface area contributed by atoms with Gasteiger partial charge in [0.15, 0.2) is 0 Å². The van der Waals surface area contributed by atoms with Gasteiger partial charge < -0.3 is 10.2 Å². The Labute approximate surface area is 124 Å². The molecule has 2 N–H and O–H groups in total. The van der Waals surface area contributed by atoms with E-state index < -0.39 is 13.5 Å². The lowest BCUT2D eigenvalue weighted by Gasteiger charge is -2.16. The van der Waals surface area contributed by atoms with Gasteiger partial charge in [0.2, 0.25) is 5.91 Å². The summed E-state index contributed by atoms with van der Waals surface area (Å²) in [6.07, 6.45) is 14.2. The van der Waals surface area contributed by atoms with Crippen LogP contribution in [0.5, 0.6) is 0 Å². The SMILES string of the molecule is CCCCCCCCCCCCCC(=O)N(CO)CO. The van der Waals surface area contributed by atoms with Gasteiger partial charge >= 0.3 is 0 Å². The summed E-state index contributed by atoms with van der Waals surface area (Å²) in [4.78, 5) is 12.5. The fourth-order valence-corrected chi connectivity index (χ4v) is 2.30.